The van der Waals surface area contributed by atoms with Crippen LogP contribution < -0.4 is 15.2 Å². The van der Waals surface area contributed by atoms with Crippen LogP contribution in [0.4, 0.5) is 4.79 Å². The number of hydrogen-bond acceptors (Lipinski definition) is 8. The van der Waals surface area contributed by atoms with Crippen molar-refractivity contribution in [2.45, 2.75) is 18.6 Å². The molecule has 1 fully saturated rings. The zero-order valence-corrected chi connectivity index (χ0v) is 19.9. The van der Waals surface area contributed by atoms with Crippen LogP contribution in [0.25, 0.3) is 11.1 Å². The highest BCUT2D eigenvalue weighted by Crippen LogP contribution is 2.25. The van der Waals surface area contributed by atoms with Crippen LogP contribution in [0.3, 0.4) is 0 Å². The van der Waals surface area contributed by atoms with E-state index in [-0.39, 0.29) is 32.0 Å². The third-order valence-electron chi connectivity index (χ3n) is 5.29. The van der Waals surface area contributed by atoms with Gasteiger partial charge in [0.15, 0.2) is 11.9 Å². The van der Waals surface area contributed by atoms with Gasteiger partial charge in [-0.1, -0.05) is 36.4 Å². The molecular weight excluding hydrogens is 478 g/mol. The number of nitrogens with two attached hydrogens (primary N) is 1. The summed E-state index contributed by atoms with van der Waals surface area (Å²) in [6.07, 6.45) is -0.769. The number of carbonyl (C=O) groups excluding carboxylic acids is 2. The smallest absolute Gasteiger partial charge is 0.407 e. The van der Waals surface area contributed by atoms with Crippen molar-refractivity contribution in [2.75, 3.05) is 32.5 Å². The van der Waals surface area contributed by atoms with Gasteiger partial charge in [-0.3, -0.25) is 9.59 Å². The van der Waals surface area contributed by atoms with Crippen LogP contribution in [0.2, 0.25) is 0 Å². The molecule has 12 heteroatoms. The second-order valence-electron chi connectivity index (χ2n) is 8.00. The van der Waals surface area contributed by atoms with Gasteiger partial charge in [-0.25, -0.2) is 4.79 Å². The van der Waals surface area contributed by atoms with E-state index in [4.69, 9.17) is 14.7 Å². The van der Waals surface area contributed by atoms with E-state index in [1.807, 2.05) is 0 Å². The SMILES string of the molecule is CS(=O)(=O)Oc1cccc(-c2ccc(C(=O)[C@H](CN)NC(=O)[C@@H]3CN(C(=O)O)CCCO3)cc2)c1. The molecule has 0 bridgehead atoms. The van der Waals surface area contributed by atoms with Crippen molar-refractivity contribution in [1.82, 2.24) is 10.2 Å². The molecule has 11 nitrogen and oxygen atoms in total. The molecule has 188 valence electrons. The Bertz CT molecular complexity index is 1180. The van der Waals surface area contributed by atoms with Gasteiger partial charge in [0.2, 0.25) is 0 Å². The largest absolute Gasteiger partial charge is 0.465 e. The molecule has 0 unspecified atom stereocenters. The summed E-state index contributed by atoms with van der Waals surface area (Å²) in [6, 6.07) is 12.0. The molecule has 0 aromatic heterocycles. The van der Waals surface area contributed by atoms with Crippen molar-refractivity contribution >= 4 is 27.9 Å². The molecule has 2 aromatic carbocycles. The summed E-state index contributed by atoms with van der Waals surface area (Å²) in [5, 5.41) is 11.8. The van der Waals surface area contributed by atoms with Crippen LogP contribution in [0.1, 0.15) is 16.8 Å². The highest BCUT2D eigenvalue weighted by atomic mass is 32.2. The minimum atomic E-state index is -3.67. The molecule has 1 saturated heterocycles. The third-order valence-corrected chi connectivity index (χ3v) is 5.79. The summed E-state index contributed by atoms with van der Waals surface area (Å²) in [5.74, 6) is -0.857. The van der Waals surface area contributed by atoms with E-state index in [0.29, 0.717) is 17.5 Å². The predicted octanol–water partition coefficient (Wildman–Crippen LogP) is 1.09. The van der Waals surface area contributed by atoms with Gasteiger partial charge in [-0.05, 0) is 29.7 Å². The lowest BCUT2D eigenvalue weighted by Crippen LogP contribution is -2.52. The molecule has 2 atom stereocenters. The van der Waals surface area contributed by atoms with Gasteiger partial charge in [-0.15, -0.1) is 0 Å². The van der Waals surface area contributed by atoms with Crippen molar-refractivity contribution in [3.8, 4) is 16.9 Å². The molecule has 1 heterocycles. The van der Waals surface area contributed by atoms with E-state index < -0.39 is 40.0 Å². The van der Waals surface area contributed by atoms with Crippen molar-refractivity contribution in [1.29, 1.82) is 0 Å². The van der Waals surface area contributed by atoms with Gasteiger partial charge >= 0.3 is 16.2 Å². The zero-order valence-electron chi connectivity index (χ0n) is 19.0. The maximum Gasteiger partial charge on any atom is 0.407 e. The minimum absolute atomic E-state index is 0.135. The molecule has 0 aliphatic carbocycles. The highest BCUT2D eigenvalue weighted by molar-refractivity contribution is 7.86. The van der Waals surface area contributed by atoms with Gasteiger partial charge in [0.25, 0.3) is 5.91 Å². The number of nitrogens with one attached hydrogen (secondary N) is 1. The van der Waals surface area contributed by atoms with Crippen LogP contribution in [0.15, 0.2) is 48.5 Å². The highest BCUT2D eigenvalue weighted by Gasteiger charge is 2.30. The lowest BCUT2D eigenvalue weighted by Gasteiger charge is -2.23. The Kier molecular flexibility index (Phi) is 8.43. The van der Waals surface area contributed by atoms with Gasteiger partial charge in [0.1, 0.15) is 11.8 Å². The molecule has 3 rings (SSSR count). The van der Waals surface area contributed by atoms with E-state index in [1.54, 1.807) is 42.5 Å². The average molecular weight is 506 g/mol. The number of benzene rings is 2. The number of ether oxygens (including phenoxy) is 1. The maximum absolute atomic E-state index is 13.0. The van der Waals surface area contributed by atoms with Gasteiger partial charge in [0, 0.05) is 25.3 Å². The predicted molar refractivity (Wildman–Crippen MR) is 127 cm³/mol. The summed E-state index contributed by atoms with van der Waals surface area (Å²) in [7, 11) is -3.67. The average Bonchev–Trinajstić information content (AvgIpc) is 3.08. The van der Waals surface area contributed by atoms with Crippen LogP contribution in [-0.4, -0.2) is 80.9 Å². The fourth-order valence-corrected chi connectivity index (χ4v) is 4.04. The normalized spacial score (nSPS) is 17.2. The van der Waals surface area contributed by atoms with E-state index in [2.05, 4.69) is 5.32 Å². The number of carbonyl (C=O) groups is 3. The minimum Gasteiger partial charge on any atom is -0.465 e. The fraction of sp³-hybridized carbons (Fsp3) is 0.348. The molecular formula is C23H27N3O8S. The molecule has 1 aliphatic heterocycles. The van der Waals surface area contributed by atoms with Crippen molar-refractivity contribution < 1.29 is 36.8 Å². The van der Waals surface area contributed by atoms with E-state index in [1.165, 1.54) is 6.07 Å². The zero-order chi connectivity index (χ0) is 25.6. The quantitative estimate of drug-likeness (QED) is 0.352. The molecule has 0 spiro atoms. The van der Waals surface area contributed by atoms with E-state index in [0.717, 1.165) is 16.7 Å². The Morgan fingerprint density at radius 2 is 1.91 bits per heavy atom. The van der Waals surface area contributed by atoms with Crippen LogP contribution in [0, 0.1) is 0 Å². The molecule has 2 amide bonds. The number of hydrogen-bond donors (Lipinski definition) is 3. The number of amides is 2. The first-order valence-electron chi connectivity index (χ1n) is 10.8. The number of ketones is 1. The molecule has 1 aliphatic rings. The van der Waals surface area contributed by atoms with E-state index in [9.17, 15) is 27.9 Å². The Morgan fingerprint density at radius 3 is 2.54 bits per heavy atom. The Morgan fingerprint density at radius 1 is 1.20 bits per heavy atom. The number of nitrogens with zero attached hydrogens (tertiary/aromatic N) is 1. The first-order chi connectivity index (χ1) is 16.6. The van der Waals surface area contributed by atoms with Gasteiger partial charge in [-0.2, -0.15) is 8.42 Å². The number of Topliss-reactive ketones (excluding diaryl/α,β-unsaturated/α-hetero) is 1. The fourth-order valence-electron chi connectivity index (χ4n) is 3.58. The third kappa shape index (κ3) is 7.25. The van der Waals surface area contributed by atoms with E-state index >= 15 is 0 Å². The first-order valence-corrected chi connectivity index (χ1v) is 12.6. The molecule has 35 heavy (non-hydrogen) atoms. The Hall–Kier alpha value is -3.48. The first kappa shape index (κ1) is 26.1. The van der Waals surface area contributed by atoms with Crippen LogP contribution >= 0.6 is 0 Å². The summed E-state index contributed by atoms with van der Waals surface area (Å²) in [6.45, 7) is 0.186. The summed E-state index contributed by atoms with van der Waals surface area (Å²) < 4.78 is 33.1. The second-order valence-corrected chi connectivity index (χ2v) is 9.57. The van der Waals surface area contributed by atoms with Crippen molar-refractivity contribution in [3.05, 3.63) is 54.1 Å². The lowest BCUT2D eigenvalue weighted by molar-refractivity contribution is -0.133. The van der Waals surface area contributed by atoms with Crippen LogP contribution in [-0.2, 0) is 19.6 Å². The summed E-state index contributed by atoms with van der Waals surface area (Å²) >= 11 is 0. The second kappa shape index (κ2) is 11.3. The molecule has 0 saturated carbocycles. The molecule has 4 N–H and O–H groups in total. The Labute approximate surface area is 202 Å². The van der Waals surface area contributed by atoms with Crippen LogP contribution in [0.5, 0.6) is 5.75 Å². The summed E-state index contributed by atoms with van der Waals surface area (Å²) in [5.41, 5.74) is 7.45. The number of rotatable bonds is 8. The standard InChI is InChI=1S/C23H27N3O8S/c1-35(31,32)34-18-5-2-4-17(12-18)15-6-8-16(9-7-15)21(27)19(13-24)25-22(28)20-14-26(23(29)30)10-3-11-33-20/h2,4-9,12,19-20H,3,10-11,13-14,24H2,1H3,(H,25,28)(H,29,30)/t19-,20-/m0/s1. The maximum atomic E-state index is 13.0. The monoisotopic (exact) mass is 505 g/mol. The lowest BCUT2D eigenvalue weighted by atomic mass is 9.99. The number of carboxylic acid groups (broad SMARTS) is 1. The van der Waals surface area contributed by atoms with Gasteiger partial charge in [0.05, 0.1) is 12.8 Å². The summed E-state index contributed by atoms with van der Waals surface area (Å²) in [4.78, 5) is 38.0. The molecule has 2 aromatic rings. The van der Waals surface area contributed by atoms with Gasteiger partial charge < -0.3 is 30.0 Å². The van der Waals surface area contributed by atoms with Crippen molar-refractivity contribution in [3.63, 3.8) is 0 Å². The molecule has 0 radical (unpaired) electrons. The Balaban J connectivity index is 1.69. The van der Waals surface area contributed by atoms with Crippen molar-refractivity contribution in [2.24, 2.45) is 5.73 Å². The topological polar surface area (TPSA) is 165 Å².